The van der Waals surface area contributed by atoms with Crippen molar-refractivity contribution in [2.24, 2.45) is 0 Å². The molecule has 0 aromatic rings. The zero-order chi connectivity index (χ0) is 9.07. The molecule has 0 aliphatic heterocycles. The maximum absolute atomic E-state index is 11.7. The lowest BCUT2D eigenvalue weighted by molar-refractivity contribution is 0.587. The standard InChI is InChI=1S/C9H13OP/c1-6-8(3)11(5,10)9(4)7-2/h6-7H,1-4H2,5H3. The lowest BCUT2D eigenvalue weighted by Crippen LogP contribution is -1.81. The Kier molecular flexibility index (Phi) is 3.28. The van der Waals surface area contributed by atoms with Gasteiger partial charge in [-0.3, -0.25) is 0 Å². The van der Waals surface area contributed by atoms with Gasteiger partial charge in [0.05, 0.1) is 0 Å². The van der Waals surface area contributed by atoms with Crippen molar-refractivity contribution in [1.29, 1.82) is 0 Å². The van der Waals surface area contributed by atoms with Crippen LogP contribution in [0, 0.1) is 0 Å². The highest BCUT2D eigenvalue weighted by molar-refractivity contribution is 7.72. The summed E-state index contributed by atoms with van der Waals surface area (Å²) in [4.78, 5) is 0. The fourth-order valence-electron chi connectivity index (χ4n) is 0.533. The van der Waals surface area contributed by atoms with Gasteiger partial charge in [0.25, 0.3) is 0 Å². The van der Waals surface area contributed by atoms with Gasteiger partial charge in [-0.05, 0) is 6.66 Å². The van der Waals surface area contributed by atoms with Crippen LogP contribution >= 0.6 is 7.14 Å². The van der Waals surface area contributed by atoms with Crippen LogP contribution in [-0.2, 0) is 4.57 Å². The molecule has 0 aliphatic carbocycles. The second kappa shape index (κ2) is 3.54. The van der Waals surface area contributed by atoms with Crippen LogP contribution in [0.5, 0.6) is 0 Å². The molecule has 2 heteroatoms. The van der Waals surface area contributed by atoms with Crippen LogP contribution in [0.2, 0.25) is 0 Å². The Hall–Kier alpha value is -0.810. The molecule has 0 unspecified atom stereocenters. The van der Waals surface area contributed by atoms with Gasteiger partial charge in [-0.2, -0.15) is 0 Å². The second-order valence-electron chi connectivity index (χ2n) is 2.32. The van der Waals surface area contributed by atoms with Gasteiger partial charge in [0.1, 0.15) is 7.14 Å². The zero-order valence-corrected chi connectivity index (χ0v) is 7.73. The molecule has 0 bridgehead atoms. The predicted molar refractivity (Wildman–Crippen MR) is 52.2 cm³/mol. The highest BCUT2D eigenvalue weighted by atomic mass is 31.2. The van der Waals surface area contributed by atoms with Gasteiger partial charge >= 0.3 is 0 Å². The maximum Gasteiger partial charge on any atom is 0.139 e. The van der Waals surface area contributed by atoms with Crippen molar-refractivity contribution in [2.75, 3.05) is 6.66 Å². The predicted octanol–water partition coefficient (Wildman–Crippen LogP) is 3.38. The van der Waals surface area contributed by atoms with E-state index in [4.69, 9.17) is 0 Å². The van der Waals surface area contributed by atoms with Crippen molar-refractivity contribution in [3.63, 3.8) is 0 Å². The highest BCUT2D eigenvalue weighted by Gasteiger charge is 2.18. The molecule has 0 fully saturated rings. The highest BCUT2D eigenvalue weighted by Crippen LogP contribution is 2.56. The second-order valence-corrected chi connectivity index (χ2v) is 5.31. The Balaban J connectivity index is 4.88. The van der Waals surface area contributed by atoms with E-state index < -0.39 is 7.14 Å². The van der Waals surface area contributed by atoms with Gasteiger partial charge in [0, 0.05) is 10.6 Å². The molecule has 0 spiro atoms. The monoisotopic (exact) mass is 168 g/mol. The summed E-state index contributed by atoms with van der Waals surface area (Å²) >= 11 is 0. The minimum atomic E-state index is -2.50. The van der Waals surface area contributed by atoms with Crippen molar-refractivity contribution < 1.29 is 4.57 Å². The van der Waals surface area contributed by atoms with Crippen molar-refractivity contribution in [1.82, 2.24) is 0 Å². The fraction of sp³-hybridized carbons (Fsp3) is 0.111. The SMILES string of the molecule is C=CC(=C)P(C)(=O)C(=C)C=C. The number of allylic oxidation sites excluding steroid dienone is 4. The van der Waals surface area contributed by atoms with Crippen LogP contribution in [0.3, 0.4) is 0 Å². The van der Waals surface area contributed by atoms with Crippen molar-refractivity contribution in [2.45, 2.75) is 0 Å². The molecule has 0 aromatic heterocycles. The maximum atomic E-state index is 11.7. The van der Waals surface area contributed by atoms with E-state index in [0.29, 0.717) is 10.6 Å². The molecule has 0 aliphatic rings. The van der Waals surface area contributed by atoms with Gasteiger partial charge in [0.2, 0.25) is 0 Å². The number of rotatable bonds is 4. The molecule has 1 nitrogen and oxygen atoms in total. The molecule has 11 heavy (non-hydrogen) atoms. The van der Waals surface area contributed by atoms with Crippen molar-refractivity contribution >= 4 is 7.14 Å². The first-order valence-electron chi connectivity index (χ1n) is 3.18. The summed E-state index contributed by atoms with van der Waals surface area (Å²) in [7, 11) is -2.50. The summed E-state index contributed by atoms with van der Waals surface area (Å²) in [5.41, 5.74) is 0. The molecule has 0 rings (SSSR count). The third-order valence-corrected chi connectivity index (χ3v) is 4.12. The average molecular weight is 168 g/mol. The lowest BCUT2D eigenvalue weighted by atomic mass is 10.6. The van der Waals surface area contributed by atoms with Crippen LogP contribution in [0.25, 0.3) is 0 Å². The molecule has 60 valence electrons. The first kappa shape index (κ1) is 10.2. The van der Waals surface area contributed by atoms with E-state index in [1.165, 1.54) is 12.2 Å². The Morgan fingerprint density at radius 1 is 1.18 bits per heavy atom. The molecule has 0 saturated heterocycles. The Morgan fingerprint density at radius 2 is 1.45 bits per heavy atom. The van der Waals surface area contributed by atoms with Crippen LogP contribution in [0.4, 0.5) is 0 Å². The average Bonchev–Trinajstić information content (AvgIpc) is 2.01. The Labute approximate surface area is 68.2 Å². The van der Waals surface area contributed by atoms with Crippen molar-refractivity contribution in [3.05, 3.63) is 49.1 Å². The normalized spacial score (nSPS) is 10.3. The summed E-state index contributed by atoms with van der Waals surface area (Å²) in [6.07, 6.45) is 2.99. The smallest absolute Gasteiger partial charge is 0.139 e. The summed E-state index contributed by atoms with van der Waals surface area (Å²) in [5.74, 6) is 0. The summed E-state index contributed by atoms with van der Waals surface area (Å²) in [6.45, 7) is 15.9. The largest absolute Gasteiger partial charge is 0.314 e. The number of hydrogen-bond donors (Lipinski definition) is 0. The van der Waals surface area contributed by atoms with Crippen LogP contribution < -0.4 is 0 Å². The van der Waals surface area contributed by atoms with Crippen molar-refractivity contribution in [3.8, 4) is 0 Å². The van der Waals surface area contributed by atoms with E-state index in [1.54, 1.807) is 6.66 Å². The first-order valence-corrected chi connectivity index (χ1v) is 5.33. The zero-order valence-electron chi connectivity index (χ0n) is 6.84. The topological polar surface area (TPSA) is 17.1 Å². The van der Waals surface area contributed by atoms with E-state index in [0.717, 1.165) is 0 Å². The van der Waals surface area contributed by atoms with Gasteiger partial charge in [-0.1, -0.05) is 38.5 Å². The fourth-order valence-corrected chi connectivity index (χ4v) is 1.60. The van der Waals surface area contributed by atoms with E-state index in [-0.39, 0.29) is 0 Å². The number of hydrogen-bond acceptors (Lipinski definition) is 1. The third kappa shape index (κ3) is 2.06. The molecule has 0 atom stereocenters. The van der Waals surface area contributed by atoms with Crippen LogP contribution in [-0.4, -0.2) is 6.66 Å². The molecule has 0 N–H and O–H groups in total. The minimum absolute atomic E-state index is 0.530. The molecule has 0 heterocycles. The Morgan fingerprint density at radius 3 is 1.64 bits per heavy atom. The molecular weight excluding hydrogens is 155 g/mol. The Bertz CT molecular complexity index is 237. The third-order valence-electron chi connectivity index (χ3n) is 1.57. The lowest BCUT2D eigenvalue weighted by Gasteiger charge is -2.12. The van der Waals surface area contributed by atoms with E-state index in [1.807, 2.05) is 0 Å². The summed E-state index contributed by atoms with van der Waals surface area (Å²) in [6, 6.07) is 0. The van der Waals surface area contributed by atoms with Gasteiger partial charge in [0.15, 0.2) is 0 Å². The molecule has 0 saturated carbocycles. The molecule has 0 radical (unpaired) electrons. The molecular formula is C9H13OP. The van der Waals surface area contributed by atoms with Crippen LogP contribution in [0.15, 0.2) is 49.1 Å². The quantitative estimate of drug-likeness (QED) is 0.464. The van der Waals surface area contributed by atoms with E-state index in [2.05, 4.69) is 26.3 Å². The van der Waals surface area contributed by atoms with Gasteiger partial charge < -0.3 is 4.57 Å². The first-order chi connectivity index (χ1) is 4.96. The van der Waals surface area contributed by atoms with Gasteiger partial charge in [-0.15, -0.1) is 0 Å². The van der Waals surface area contributed by atoms with Crippen LogP contribution in [0.1, 0.15) is 0 Å². The molecule has 0 aromatic carbocycles. The minimum Gasteiger partial charge on any atom is -0.314 e. The summed E-state index contributed by atoms with van der Waals surface area (Å²) in [5, 5.41) is 1.06. The van der Waals surface area contributed by atoms with E-state index >= 15 is 0 Å². The molecule has 0 amide bonds. The van der Waals surface area contributed by atoms with E-state index in [9.17, 15) is 4.57 Å². The van der Waals surface area contributed by atoms with Gasteiger partial charge in [-0.25, -0.2) is 0 Å². The summed E-state index contributed by atoms with van der Waals surface area (Å²) < 4.78 is 11.7.